The monoisotopic (exact) mass is 384 g/mol. The molecule has 28 heavy (non-hydrogen) atoms. The van der Waals surface area contributed by atoms with E-state index in [2.05, 4.69) is 20.8 Å². The van der Waals surface area contributed by atoms with E-state index in [-0.39, 0.29) is 5.91 Å². The van der Waals surface area contributed by atoms with Crippen LogP contribution in [0.3, 0.4) is 0 Å². The van der Waals surface area contributed by atoms with Crippen molar-refractivity contribution in [2.75, 3.05) is 20.7 Å². The van der Waals surface area contributed by atoms with Gasteiger partial charge in [-0.05, 0) is 43.7 Å². The highest BCUT2D eigenvalue weighted by Crippen LogP contribution is 2.23. The highest BCUT2D eigenvalue weighted by atomic mass is 16.5. The van der Waals surface area contributed by atoms with Gasteiger partial charge in [-0.3, -0.25) is 10.1 Å². The molecule has 1 saturated heterocycles. The maximum Gasteiger partial charge on any atom is 0.325 e. The van der Waals surface area contributed by atoms with Gasteiger partial charge in [0.15, 0.2) is 12.2 Å². The molecule has 2 aliphatic rings. The quantitative estimate of drug-likeness (QED) is 0.451. The van der Waals surface area contributed by atoms with Crippen molar-refractivity contribution in [3.05, 3.63) is 42.0 Å². The van der Waals surface area contributed by atoms with Crippen LogP contribution in [0.5, 0.6) is 5.75 Å². The lowest BCUT2D eigenvalue weighted by atomic mass is 10.1. The normalized spacial score (nSPS) is 22.3. The van der Waals surface area contributed by atoms with Crippen molar-refractivity contribution >= 4 is 23.6 Å². The minimum absolute atomic E-state index is 0.367. The minimum atomic E-state index is -0.599. The van der Waals surface area contributed by atoms with E-state index in [1.807, 2.05) is 50.3 Å². The van der Waals surface area contributed by atoms with Crippen LogP contribution in [0.15, 0.2) is 46.5 Å². The average Bonchev–Trinajstić information content (AvgIpc) is 3.07. The molecule has 2 unspecified atom stereocenters. The molecule has 0 saturated carbocycles. The first-order chi connectivity index (χ1) is 13.5. The van der Waals surface area contributed by atoms with E-state index in [9.17, 15) is 9.59 Å². The van der Waals surface area contributed by atoms with Crippen molar-refractivity contribution in [3.63, 3.8) is 0 Å². The fraction of sp³-hybridized carbons (Fsp3) is 0.368. The summed E-state index contributed by atoms with van der Waals surface area (Å²) in [4.78, 5) is 32.1. The number of ether oxygens (including phenoxy) is 1. The number of urea groups is 1. The number of fused-ring (bicyclic) bond motifs is 1. The molecule has 2 atom stereocenters. The molecule has 3 rings (SSSR count). The Labute approximate surface area is 163 Å². The summed E-state index contributed by atoms with van der Waals surface area (Å²) in [6, 6.07) is 6.48. The second-order valence-corrected chi connectivity index (χ2v) is 6.48. The minimum Gasteiger partial charge on any atom is -0.497 e. The van der Waals surface area contributed by atoms with E-state index in [4.69, 9.17) is 4.74 Å². The van der Waals surface area contributed by atoms with Crippen molar-refractivity contribution in [3.8, 4) is 5.75 Å². The van der Waals surface area contributed by atoms with Crippen LogP contribution < -0.4 is 15.5 Å². The number of likely N-dealkylation sites (N-methyl/N-ethyl adjacent to an activating group) is 1. The van der Waals surface area contributed by atoms with Crippen molar-refractivity contribution in [1.82, 2.24) is 20.5 Å². The molecular weight excluding hydrogens is 360 g/mol. The predicted octanol–water partition coefficient (Wildman–Crippen LogP) is 1.13. The van der Waals surface area contributed by atoms with Crippen LogP contribution in [-0.4, -0.2) is 66.3 Å². The van der Waals surface area contributed by atoms with Crippen LogP contribution in [0, 0.1) is 0 Å². The predicted molar refractivity (Wildman–Crippen MR) is 106 cm³/mol. The third-order valence-electron chi connectivity index (χ3n) is 4.73. The molecule has 9 heteroatoms. The molecular formula is C19H24N6O3. The zero-order valence-electron chi connectivity index (χ0n) is 16.3. The summed E-state index contributed by atoms with van der Waals surface area (Å²) < 4.78 is 5.17. The summed E-state index contributed by atoms with van der Waals surface area (Å²) >= 11 is 0. The molecule has 1 aromatic rings. The summed E-state index contributed by atoms with van der Waals surface area (Å²) in [5.74, 6) is 0.844. The Balaban J connectivity index is 1.83. The molecule has 3 amide bonds. The van der Waals surface area contributed by atoms with Gasteiger partial charge in [-0.1, -0.05) is 12.2 Å². The molecule has 0 radical (unpaired) electrons. The Morgan fingerprint density at radius 2 is 2.07 bits per heavy atom. The van der Waals surface area contributed by atoms with Crippen molar-refractivity contribution in [1.29, 1.82) is 0 Å². The number of imide groups is 1. The molecule has 2 N–H and O–H groups in total. The third-order valence-corrected chi connectivity index (χ3v) is 4.73. The third kappa shape index (κ3) is 3.68. The molecule has 0 aliphatic carbocycles. The molecule has 2 aliphatic heterocycles. The maximum atomic E-state index is 12.4. The van der Waals surface area contributed by atoms with Crippen LogP contribution in [0.4, 0.5) is 4.79 Å². The van der Waals surface area contributed by atoms with Crippen LogP contribution in [0.1, 0.15) is 19.4 Å². The van der Waals surface area contributed by atoms with Crippen LogP contribution >= 0.6 is 0 Å². The van der Waals surface area contributed by atoms with Gasteiger partial charge in [0.1, 0.15) is 5.75 Å². The number of nitrogens with zero attached hydrogens (tertiary/aromatic N) is 4. The molecule has 0 bridgehead atoms. The molecule has 9 nitrogen and oxygen atoms in total. The Hall–Kier alpha value is -3.36. The van der Waals surface area contributed by atoms with Gasteiger partial charge in [-0.2, -0.15) is 5.10 Å². The first-order valence-corrected chi connectivity index (χ1v) is 8.94. The number of aliphatic imine (C=N–C) groups is 1. The van der Waals surface area contributed by atoms with Crippen LogP contribution in [-0.2, 0) is 4.79 Å². The number of rotatable bonds is 5. The summed E-state index contributed by atoms with van der Waals surface area (Å²) in [6.45, 7) is 4.24. The first-order valence-electron chi connectivity index (χ1n) is 8.94. The average molecular weight is 384 g/mol. The van der Waals surface area contributed by atoms with Gasteiger partial charge < -0.3 is 14.5 Å². The number of carbonyl (C=O) groups is 2. The molecule has 0 spiro atoms. The zero-order chi connectivity index (χ0) is 20.3. The number of hydrazone groups is 1. The topological polar surface area (TPSA) is 98.6 Å². The second-order valence-electron chi connectivity index (χ2n) is 6.48. The highest BCUT2D eigenvalue weighted by molar-refractivity contribution is 6.04. The van der Waals surface area contributed by atoms with E-state index in [1.165, 1.54) is 4.90 Å². The largest absolute Gasteiger partial charge is 0.497 e. The number of methoxy groups -OCH3 is 1. The lowest BCUT2D eigenvalue weighted by molar-refractivity contribution is -0.126. The van der Waals surface area contributed by atoms with Gasteiger partial charge in [-0.15, -0.1) is 0 Å². The Morgan fingerprint density at radius 3 is 2.71 bits per heavy atom. The fourth-order valence-corrected chi connectivity index (χ4v) is 3.07. The first kappa shape index (κ1) is 19.4. The van der Waals surface area contributed by atoms with Crippen molar-refractivity contribution in [2.45, 2.75) is 26.1 Å². The van der Waals surface area contributed by atoms with Gasteiger partial charge in [0.05, 0.1) is 12.8 Å². The number of hydrogen-bond donors (Lipinski definition) is 2. The summed E-state index contributed by atoms with van der Waals surface area (Å²) in [5, 5.41) is 6.77. The fourth-order valence-electron chi connectivity index (χ4n) is 3.07. The Morgan fingerprint density at radius 1 is 1.36 bits per heavy atom. The van der Waals surface area contributed by atoms with E-state index in [0.29, 0.717) is 12.5 Å². The second kappa shape index (κ2) is 8.12. The van der Waals surface area contributed by atoms with Gasteiger partial charge in [0.25, 0.3) is 5.91 Å². The lowest BCUT2D eigenvalue weighted by Crippen LogP contribution is -2.64. The lowest BCUT2D eigenvalue weighted by Gasteiger charge is -2.35. The van der Waals surface area contributed by atoms with Crippen LogP contribution in [0.25, 0.3) is 0 Å². The summed E-state index contributed by atoms with van der Waals surface area (Å²) in [7, 11) is 3.23. The van der Waals surface area contributed by atoms with Crippen molar-refractivity contribution < 1.29 is 14.3 Å². The SMILES string of the molecule is C/C=C/CN1C(N/N=C(/C)c2ccc(OC)cc2)=NC2C1C(=O)NC(=O)N2C. The number of nitrogens with one attached hydrogen (secondary N) is 2. The maximum absolute atomic E-state index is 12.4. The molecule has 0 aromatic heterocycles. The zero-order valence-corrected chi connectivity index (χ0v) is 16.3. The van der Waals surface area contributed by atoms with E-state index in [1.54, 1.807) is 19.1 Å². The van der Waals surface area contributed by atoms with Crippen LogP contribution in [0.2, 0.25) is 0 Å². The van der Waals surface area contributed by atoms with Gasteiger partial charge in [-0.25, -0.2) is 15.2 Å². The number of guanidine groups is 1. The van der Waals surface area contributed by atoms with Gasteiger partial charge in [0, 0.05) is 13.6 Å². The van der Waals surface area contributed by atoms with Crippen molar-refractivity contribution in [2.24, 2.45) is 10.1 Å². The standard InChI is InChI=1S/C19H24N6O3/c1-5-6-11-25-15-16(24(3)19(27)21-17(15)26)20-18(25)23-22-12(2)13-7-9-14(28-4)10-8-13/h5-10,15-16H,11H2,1-4H3,(H,20,23)(H,21,26,27)/b6-5+,22-12-. The number of amides is 3. The molecule has 1 fully saturated rings. The van der Waals surface area contributed by atoms with E-state index in [0.717, 1.165) is 17.0 Å². The Kier molecular flexibility index (Phi) is 5.62. The number of hydrogen-bond acceptors (Lipinski definition) is 7. The van der Waals surface area contributed by atoms with E-state index >= 15 is 0 Å². The molecule has 148 valence electrons. The highest BCUT2D eigenvalue weighted by Gasteiger charge is 2.48. The smallest absolute Gasteiger partial charge is 0.325 e. The summed E-state index contributed by atoms with van der Waals surface area (Å²) in [5.41, 5.74) is 4.64. The van der Waals surface area contributed by atoms with Gasteiger partial charge >= 0.3 is 6.03 Å². The molecule has 2 heterocycles. The number of carbonyl (C=O) groups excluding carboxylic acids is 2. The molecule has 1 aromatic carbocycles. The number of benzene rings is 1. The Bertz CT molecular complexity index is 846. The summed E-state index contributed by atoms with van der Waals surface area (Å²) in [6.07, 6.45) is 3.22. The van der Waals surface area contributed by atoms with Gasteiger partial charge in [0.2, 0.25) is 5.96 Å². The van der Waals surface area contributed by atoms with E-state index < -0.39 is 18.2 Å². The number of allylic oxidation sites excluding steroid dienone is 1.